The van der Waals surface area contributed by atoms with Gasteiger partial charge in [0.1, 0.15) is 8.07 Å². The second-order valence-electron chi connectivity index (χ2n) is 4.73. The van der Waals surface area contributed by atoms with Crippen LogP contribution in [-0.2, 0) is 6.54 Å². The minimum atomic E-state index is -1.24. The highest BCUT2D eigenvalue weighted by Gasteiger charge is 2.07. The Labute approximate surface area is 93.9 Å². The summed E-state index contributed by atoms with van der Waals surface area (Å²) in [6.45, 7) is 7.70. The van der Waals surface area contributed by atoms with E-state index in [-0.39, 0.29) is 0 Å². The Balaban J connectivity index is 2.75. The van der Waals surface area contributed by atoms with Gasteiger partial charge in [0.25, 0.3) is 0 Å². The van der Waals surface area contributed by atoms with Crippen molar-refractivity contribution in [1.82, 2.24) is 5.32 Å². The van der Waals surface area contributed by atoms with Crippen molar-refractivity contribution >= 4 is 8.07 Å². The quantitative estimate of drug-likeness (QED) is 0.593. The fourth-order valence-corrected chi connectivity index (χ4v) is 1.69. The molecule has 0 unspecified atom stereocenters. The van der Waals surface area contributed by atoms with Gasteiger partial charge < -0.3 is 5.32 Å². The van der Waals surface area contributed by atoms with Crippen molar-refractivity contribution < 1.29 is 0 Å². The van der Waals surface area contributed by atoms with Gasteiger partial charge in [-0.05, 0) is 24.7 Å². The zero-order valence-corrected chi connectivity index (χ0v) is 11.0. The largest absolute Gasteiger partial charge is 0.316 e. The summed E-state index contributed by atoms with van der Waals surface area (Å²) in [7, 11) is 0.715. The Hall–Kier alpha value is -1.04. The predicted molar refractivity (Wildman–Crippen MR) is 69.4 cm³/mol. The van der Waals surface area contributed by atoms with Crippen LogP contribution < -0.4 is 5.32 Å². The topological polar surface area (TPSA) is 12.0 Å². The van der Waals surface area contributed by atoms with E-state index in [0.717, 1.165) is 12.1 Å². The molecule has 0 aromatic heterocycles. The van der Waals surface area contributed by atoms with Crippen molar-refractivity contribution in [2.24, 2.45) is 0 Å². The second kappa shape index (κ2) is 5.15. The molecule has 0 fully saturated rings. The number of hydrogen-bond acceptors (Lipinski definition) is 1. The van der Waals surface area contributed by atoms with Gasteiger partial charge >= 0.3 is 0 Å². The third kappa shape index (κ3) is 4.82. The van der Waals surface area contributed by atoms with Gasteiger partial charge in [-0.15, -0.1) is 5.54 Å². The van der Waals surface area contributed by atoms with E-state index < -0.39 is 8.07 Å². The molecule has 0 bridgehead atoms. The van der Waals surface area contributed by atoms with E-state index in [0.29, 0.717) is 0 Å². The minimum Gasteiger partial charge on any atom is -0.316 e. The van der Waals surface area contributed by atoms with Gasteiger partial charge in [-0.25, -0.2) is 0 Å². The standard InChI is InChI=1S/C13H19NSi/c1-14-11-13-7-5-12(6-8-13)9-10-15(2,3)4/h5-8,14H,11H2,1-4H3. The van der Waals surface area contributed by atoms with Gasteiger partial charge in [0.05, 0.1) is 0 Å². The fourth-order valence-electron chi connectivity index (χ4n) is 1.17. The molecule has 1 aromatic rings. The third-order valence-corrected chi connectivity index (χ3v) is 2.79. The van der Waals surface area contributed by atoms with Crippen LogP contribution in [0.4, 0.5) is 0 Å². The Morgan fingerprint density at radius 3 is 2.20 bits per heavy atom. The number of rotatable bonds is 2. The summed E-state index contributed by atoms with van der Waals surface area (Å²) in [5, 5.41) is 3.13. The summed E-state index contributed by atoms with van der Waals surface area (Å²) in [6, 6.07) is 8.45. The van der Waals surface area contributed by atoms with Crippen molar-refractivity contribution in [1.29, 1.82) is 0 Å². The molecule has 0 aliphatic heterocycles. The van der Waals surface area contributed by atoms with E-state index in [1.807, 2.05) is 7.05 Å². The van der Waals surface area contributed by atoms with Crippen LogP contribution in [0.2, 0.25) is 19.6 Å². The SMILES string of the molecule is CNCc1ccc(C#C[Si](C)(C)C)cc1. The third-order valence-electron chi connectivity index (χ3n) is 1.92. The van der Waals surface area contributed by atoms with Crippen molar-refractivity contribution in [2.45, 2.75) is 26.2 Å². The highest BCUT2D eigenvalue weighted by atomic mass is 28.3. The first-order chi connectivity index (χ1) is 7.01. The molecule has 80 valence electrons. The maximum atomic E-state index is 3.36. The molecule has 1 aromatic carbocycles. The lowest BCUT2D eigenvalue weighted by molar-refractivity contribution is 0.818. The summed E-state index contributed by atoms with van der Waals surface area (Å²) < 4.78 is 0. The molecule has 1 rings (SSSR count). The average Bonchev–Trinajstić information content (AvgIpc) is 2.16. The number of nitrogens with one attached hydrogen (secondary N) is 1. The lowest BCUT2D eigenvalue weighted by atomic mass is 10.1. The molecular formula is C13H19NSi. The molecule has 15 heavy (non-hydrogen) atoms. The zero-order valence-electron chi connectivity index (χ0n) is 10.0. The first-order valence-corrected chi connectivity index (χ1v) is 8.78. The highest BCUT2D eigenvalue weighted by Crippen LogP contribution is 2.04. The highest BCUT2D eigenvalue weighted by molar-refractivity contribution is 6.83. The Morgan fingerprint density at radius 2 is 1.73 bits per heavy atom. The second-order valence-corrected chi connectivity index (χ2v) is 9.48. The maximum Gasteiger partial charge on any atom is 0.129 e. The van der Waals surface area contributed by atoms with Gasteiger partial charge in [0.2, 0.25) is 0 Å². The van der Waals surface area contributed by atoms with Gasteiger partial charge in [-0.2, -0.15) is 0 Å². The summed E-state index contributed by atoms with van der Waals surface area (Å²) in [4.78, 5) is 0. The molecule has 0 radical (unpaired) electrons. The Bertz CT molecular complexity index is 362. The van der Waals surface area contributed by atoms with Crippen LogP contribution in [0.15, 0.2) is 24.3 Å². The van der Waals surface area contributed by atoms with Crippen LogP contribution in [0.25, 0.3) is 0 Å². The lowest BCUT2D eigenvalue weighted by Crippen LogP contribution is -2.16. The van der Waals surface area contributed by atoms with Crippen LogP contribution in [0.3, 0.4) is 0 Å². The Morgan fingerprint density at radius 1 is 1.13 bits per heavy atom. The average molecular weight is 217 g/mol. The monoisotopic (exact) mass is 217 g/mol. The van der Waals surface area contributed by atoms with Crippen LogP contribution >= 0.6 is 0 Å². The predicted octanol–water partition coefficient (Wildman–Crippen LogP) is 2.63. The molecule has 0 aliphatic carbocycles. The van der Waals surface area contributed by atoms with E-state index in [2.05, 4.69) is 60.7 Å². The molecular weight excluding hydrogens is 198 g/mol. The van der Waals surface area contributed by atoms with E-state index in [4.69, 9.17) is 0 Å². The maximum absolute atomic E-state index is 3.36. The van der Waals surface area contributed by atoms with Gasteiger partial charge in [-0.1, -0.05) is 37.7 Å². The molecule has 0 spiro atoms. The van der Waals surface area contributed by atoms with Crippen LogP contribution in [0.1, 0.15) is 11.1 Å². The van der Waals surface area contributed by atoms with Crippen molar-refractivity contribution in [3.8, 4) is 11.5 Å². The minimum absolute atomic E-state index is 0.918. The first kappa shape index (κ1) is 12.0. The summed E-state index contributed by atoms with van der Waals surface area (Å²) in [6.07, 6.45) is 0. The van der Waals surface area contributed by atoms with Crippen LogP contribution in [0.5, 0.6) is 0 Å². The summed E-state index contributed by atoms with van der Waals surface area (Å²) in [5.41, 5.74) is 5.79. The number of benzene rings is 1. The fraction of sp³-hybridized carbons (Fsp3) is 0.385. The molecule has 1 nitrogen and oxygen atoms in total. The van der Waals surface area contributed by atoms with E-state index >= 15 is 0 Å². The molecule has 0 saturated heterocycles. The zero-order chi connectivity index (χ0) is 11.3. The van der Waals surface area contributed by atoms with Gasteiger partial charge in [-0.3, -0.25) is 0 Å². The van der Waals surface area contributed by atoms with Gasteiger partial charge in [0.15, 0.2) is 0 Å². The van der Waals surface area contributed by atoms with Crippen molar-refractivity contribution in [2.75, 3.05) is 7.05 Å². The van der Waals surface area contributed by atoms with E-state index in [1.54, 1.807) is 0 Å². The summed E-state index contributed by atoms with van der Waals surface area (Å²) in [5.74, 6) is 3.25. The molecule has 2 heteroatoms. The normalized spacial score (nSPS) is 10.7. The Kier molecular flexibility index (Phi) is 4.13. The molecule has 1 N–H and O–H groups in total. The van der Waals surface area contributed by atoms with E-state index in [1.165, 1.54) is 5.56 Å². The molecule has 0 aliphatic rings. The molecule has 0 saturated carbocycles. The molecule has 0 amide bonds. The molecule has 0 atom stereocenters. The van der Waals surface area contributed by atoms with Gasteiger partial charge in [0, 0.05) is 12.1 Å². The molecule has 0 heterocycles. The van der Waals surface area contributed by atoms with Crippen LogP contribution in [0, 0.1) is 11.5 Å². The van der Waals surface area contributed by atoms with Crippen LogP contribution in [-0.4, -0.2) is 15.1 Å². The van der Waals surface area contributed by atoms with Crippen molar-refractivity contribution in [3.05, 3.63) is 35.4 Å². The smallest absolute Gasteiger partial charge is 0.129 e. The summed E-state index contributed by atoms with van der Waals surface area (Å²) >= 11 is 0. The first-order valence-electron chi connectivity index (χ1n) is 5.28. The number of hydrogen-bond donors (Lipinski definition) is 1. The lowest BCUT2D eigenvalue weighted by Gasteiger charge is -2.03. The van der Waals surface area contributed by atoms with Crippen molar-refractivity contribution in [3.63, 3.8) is 0 Å². The van der Waals surface area contributed by atoms with E-state index in [9.17, 15) is 0 Å².